The summed E-state index contributed by atoms with van der Waals surface area (Å²) in [6.45, 7) is 10.0. The molecule has 0 fully saturated rings. The highest BCUT2D eigenvalue weighted by atomic mass is 19.4. The van der Waals surface area contributed by atoms with E-state index in [-0.39, 0.29) is 6.04 Å². The van der Waals surface area contributed by atoms with Crippen LogP contribution in [0.4, 0.5) is 13.2 Å². The molecule has 0 aromatic rings. The summed E-state index contributed by atoms with van der Waals surface area (Å²) in [5.41, 5.74) is 0. The summed E-state index contributed by atoms with van der Waals surface area (Å²) in [5, 5.41) is 3.12. The lowest BCUT2D eigenvalue weighted by molar-refractivity contribution is -0.139. The van der Waals surface area contributed by atoms with Crippen LogP contribution in [0.15, 0.2) is 0 Å². The van der Waals surface area contributed by atoms with Crippen LogP contribution in [0, 0.1) is 11.8 Å². The second-order valence-electron chi connectivity index (χ2n) is 5.84. The average molecular weight is 253 g/mol. The Labute approximate surface area is 103 Å². The fraction of sp³-hybridized carbons (Fsp3) is 1.00. The lowest BCUT2D eigenvalue weighted by atomic mass is 9.95. The molecule has 4 heteroatoms. The zero-order valence-corrected chi connectivity index (χ0v) is 11.6. The fourth-order valence-electron chi connectivity index (χ4n) is 2.18. The first-order chi connectivity index (χ1) is 7.60. The van der Waals surface area contributed by atoms with Crippen LogP contribution in [0.3, 0.4) is 0 Å². The molecule has 0 spiro atoms. The van der Waals surface area contributed by atoms with Gasteiger partial charge in [0.25, 0.3) is 0 Å². The Bertz CT molecular complexity index is 189. The van der Waals surface area contributed by atoms with Gasteiger partial charge in [-0.15, -0.1) is 0 Å². The molecule has 0 aromatic carbocycles. The van der Waals surface area contributed by atoms with Gasteiger partial charge in [-0.05, 0) is 31.6 Å². The van der Waals surface area contributed by atoms with Gasteiger partial charge in [-0.1, -0.05) is 27.7 Å². The zero-order chi connectivity index (χ0) is 13.6. The number of nitrogens with one attached hydrogen (secondary N) is 1. The second-order valence-corrected chi connectivity index (χ2v) is 5.84. The number of hydrogen-bond acceptors (Lipinski definition) is 1. The third kappa shape index (κ3) is 10.6. The van der Waals surface area contributed by atoms with Gasteiger partial charge in [0.05, 0.1) is 6.42 Å². The molecule has 0 rings (SSSR count). The predicted octanol–water partition coefficient (Wildman–Crippen LogP) is 4.38. The van der Waals surface area contributed by atoms with Crippen LogP contribution in [0.5, 0.6) is 0 Å². The summed E-state index contributed by atoms with van der Waals surface area (Å²) in [4.78, 5) is 0. The Kier molecular flexibility index (Phi) is 7.14. The van der Waals surface area contributed by atoms with E-state index in [2.05, 4.69) is 33.0 Å². The van der Waals surface area contributed by atoms with E-state index in [1.54, 1.807) is 6.92 Å². The van der Waals surface area contributed by atoms with Crippen molar-refractivity contribution in [1.29, 1.82) is 0 Å². The van der Waals surface area contributed by atoms with E-state index in [0.717, 1.165) is 12.8 Å². The molecule has 0 aliphatic heterocycles. The Morgan fingerprint density at radius 2 is 1.29 bits per heavy atom. The zero-order valence-electron chi connectivity index (χ0n) is 11.6. The summed E-state index contributed by atoms with van der Waals surface area (Å²) < 4.78 is 36.7. The number of rotatable bonds is 7. The topological polar surface area (TPSA) is 12.0 Å². The second kappa shape index (κ2) is 7.24. The highest BCUT2D eigenvalue weighted by Gasteiger charge is 2.30. The van der Waals surface area contributed by atoms with Gasteiger partial charge in [0.15, 0.2) is 0 Å². The molecular formula is C13H26F3N. The largest absolute Gasteiger partial charge is 0.390 e. The standard InChI is InChI=1S/C13H26F3N/c1-9(2)6-12(7-10(3)4)17-11(5)8-13(14,15)16/h9-12,17H,6-8H2,1-5H3. The van der Waals surface area contributed by atoms with Crippen LogP contribution in [0.1, 0.15) is 53.9 Å². The Morgan fingerprint density at radius 3 is 1.59 bits per heavy atom. The van der Waals surface area contributed by atoms with Crippen molar-refractivity contribution in [3.8, 4) is 0 Å². The van der Waals surface area contributed by atoms with Crippen LogP contribution >= 0.6 is 0 Å². The number of hydrogen-bond donors (Lipinski definition) is 1. The molecule has 104 valence electrons. The molecular weight excluding hydrogens is 227 g/mol. The van der Waals surface area contributed by atoms with Crippen LogP contribution < -0.4 is 5.32 Å². The van der Waals surface area contributed by atoms with Crippen molar-refractivity contribution in [2.75, 3.05) is 0 Å². The summed E-state index contributed by atoms with van der Waals surface area (Å²) in [6, 6.07) is -0.315. The summed E-state index contributed by atoms with van der Waals surface area (Å²) in [5.74, 6) is 1.01. The molecule has 1 unspecified atom stereocenters. The predicted molar refractivity (Wildman–Crippen MR) is 66.0 cm³/mol. The first-order valence-electron chi connectivity index (χ1n) is 6.43. The molecule has 0 aromatic heterocycles. The quantitative estimate of drug-likeness (QED) is 0.710. The normalized spacial score (nSPS) is 15.0. The third-order valence-electron chi connectivity index (χ3n) is 2.57. The molecule has 0 bridgehead atoms. The summed E-state index contributed by atoms with van der Waals surface area (Å²) in [6.07, 6.45) is -2.97. The molecule has 0 amide bonds. The molecule has 0 aliphatic rings. The van der Waals surface area contributed by atoms with E-state index < -0.39 is 18.6 Å². The smallest absolute Gasteiger partial charge is 0.311 e. The molecule has 0 heterocycles. The highest BCUT2D eigenvalue weighted by Crippen LogP contribution is 2.22. The average Bonchev–Trinajstić information content (AvgIpc) is 1.95. The van der Waals surface area contributed by atoms with Gasteiger partial charge >= 0.3 is 6.18 Å². The van der Waals surface area contributed by atoms with Gasteiger partial charge in [-0.3, -0.25) is 0 Å². The molecule has 1 atom stereocenters. The minimum Gasteiger partial charge on any atom is -0.311 e. The van der Waals surface area contributed by atoms with Crippen LogP contribution in [-0.4, -0.2) is 18.3 Å². The molecule has 17 heavy (non-hydrogen) atoms. The van der Waals surface area contributed by atoms with Crippen molar-refractivity contribution in [1.82, 2.24) is 5.32 Å². The third-order valence-corrected chi connectivity index (χ3v) is 2.57. The number of alkyl halides is 3. The van der Waals surface area contributed by atoms with Crippen molar-refractivity contribution in [2.24, 2.45) is 11.8 Å². The Balaban J connectivity index is 4.21. The maximum atomic E-state index is 12.2. The van der Waals surface area contributed by atoms with Crippen LogP contribution in [0.2, 0.25) is 0 Å². The van der Waals surface area contributed by atoms with Crippen molar-refractivity contribution in [3.05, 3.63) is 0 Å². The van der Waals surface area contributed by atoms with Crippen molar-refractivity contribution >= 4 is 0 Å². The first kappa shape index (κ1) is 16.8. The number of halogens is 3. The Morgan fingerprint density at radius 1 is 0.882 bits per heavy atom. The molecule has 0 saturated carbocycles. The van der Waals surface area contributed by atoms with Crippen LogP contribution in [0.25, 0.3) is 0 Å². The van der Waals surface area contributed by atoms with Gasteiger partial charge in [-0.2, -0.15) is 13.2 Å². The van der Waals surface area contributed by atoms with Gasteiger partial charge in [-0.25, -0.2) is 0 Å². The minimum atomic E-state index is -4.08. The summed E-state index contributed by atoms with van der Waals surface area (Å²) in [7, 11) is 0. The summed E-state index contributed by atoms with van der Waals surface area (Å²) >= 11 is 0. The van der Waals surface area contributed by atoms with Gasteiger partial charge < -0.3 is 5.32 Å². The fourth-order valence-corrected chi connectivity index (χ4v) is 2.18. The van der Waals surface area contributed by atoms with E-state index >= 15 is 0 Å². The monoisotopic (exact) mass is 253 g/mol. The molecule has 1 nitrogen and oxygen atoms in total. The van der Waals surface area contributed by atoms with Gasteiger partial charge in [0.1, 0.15) is 0 Å². The van der Waals surface area contributed by atoms with Crippen molar-refractivity contribution in [2.45, 2.75) is 72.1 Å². The molecule has 0 radical (unpaired) electrons. The van der Waals surface area contributed by atoms with Crippen molar-refractivity contribution in [3.63, 3.8) is 0 Å². The Hall–Kier alpha value is -0.250. The maximum Gasteiger partial charge on any atom is 0.390 e. The molecule has 1 N–H and O–H groups in total. The van der Waals surface area contributed by atoms with E-state index in [4.69, 9.17) is 0 Å². The molecule has 0 aliphatic carbocycles. The van der Waals surface area contributed by atoms with Gasteiger partial charge in [0, 0.05) is 12.1 Å². The van der Waals surface area contributed by atoms with Gasteiger partial charge in [0.2, 0.25) is 0 Å². The highest BCUT2D eigenvalue weighted by molar-refractivity contribution is 4.75. The lowest BCUT2D eigenvalue weighted by Gasteiger charge is -2.26. The lowest BCUT2D eigenvalue weighted by Crippen LogP contribution is -2.40. The van der Waals surface area contributed by atoms with E-state index in [0.29, 0.717) is 11.8 Å². The van der Waals surface area contributed by atoms with E-state index in [1.807, 2.05) is 0 Å². The molecule has 0 saturated heterocycles. The van der Waals surface area contributed by atoms with E-state index in [9.17, 15) is 13.2 Å². The SMILES string of the molecule is CC(C)CC(CC(C)C)NC(C)CC(F)(F)F. The van der Waals surface area contributed by atoms with E-state index in [1.165, 1.54) is 0 Å². The van der Waals surface area contributed by atoms with Crippen molar-refractivity contribution < 1.29 is 13.2 Å². The maximum absolute atomic E-state index is 12.2. The van der Waals surface area contributed by atoms with Crippen LogP contribution in [-0.2, 0) is 0 Å². The first-order valence-corrected chi connectivity index (χ1v) is 6.43. The minimum absolute atomic E-state index is 0.187.